The maximum absolute atomic E-state index is 13.3. The Labute approximate surface area is 143 Å². The Bertz CT molecular complexity index is 830. The fourth-order valence-electron chi connectivity index (χ4n) is 3.82. The summed E-state index contributed by atoms with van der Waals surface area (Å²) in [5.74, 6) is 1.64. The molecule has 1 amide bonds. The average Bonchev–Trinajstić information content (AvgIpc) is 3.43. The molecule has 0 saturated heterocycles. The highest BCUT2D eigenvalue weighted by Gasteiger charge is 2.48. The summed E-state index contributed by atoms with van der Waals surface area (Å²) in [6, 6.07) is 7.67. The number of rotatable bonds is 5. The number of ether oxygens (including phenoxy) is 1. The van der Waals surface area contributed by atoms with Crippen LogP contribution in [0.5, 0.6) is 5.75 Å². The van der Waals surface area contributed by atoms with Crippen molar-refractivity contribution < 1.29 is 18.3 Å². The lowest BCUT2D eigenvalue weighted by molar-refractivity contribution is 0.141. The summed E-state index contributed by atoms with van der Waals surface area (Å²) in [6.07, 6.45) is -0.313. The van der Waals surface area contributed by atoms with Gasteiger partial charge in [-0.15, -0.1) is 0 Å². The van der Waals surface area contributed by atoms with Gasteiger partial charge in [-0.05, 0) is 42.6 Å². The van der Waals surface area contributed by atoms with Crippen LogP contribution in [0.1, 0.15) is 42.9 Å². The lowest BCUT2D eigenvalue weighted by Gasteiger charge is -2.12. The average molecular weight is 347 g/mol. The van der Waals surface area contributed by atoms with Gasteiger partial charge in [-0.25, -0.2) is 13.6 Å². The molecule has 4 rings (SSSR count). The van der Waals surface area contributed by atoms with Crippen LogP contribution < -0.4 is 10.5 Å². The highest BCUT2D eigenvalue weighted by molar-refractivity contribution is 5.77. The van der Waals surface area contributed by atoms with Gasteiger partial charge in [0.1, 0.15) is 5.69 Å². The summed E-state index contributed by atoms with van der Waals surface area (Å²) in [7, 11) is 1.57. The number of carbonyl (C=O) groups is 1. The number of amides is 1. The molecule has 0 radical (unpaired) electrons. The smallest absolute Gasteiger partial charge is 0.406 e. The first-order valence-corrected chi connectivity index (χ1v) is 8.39. The Balaban J connectivity index is 1.81. The maximum atomic E-state index is 13.3. The first-order chi connectivity index (χ1) is 12.0. The molecule has 25 heavy (non-hydrogen) atoms. The summed E-state index contributed by atoms with van der Waals surface area (Å²) in [4.78, 5) is 11.2. The standard InChI is InChI=1S/C18H19F2N3O2/c1-23-15(16(25-18(21)24)14(22-23)17(19)20)11-5-3-2-4-10(11)13-8-12(13)9-6-7-9/h2-5,9,12-13,17H,6-8H2,1H3,(H2,21,24)/t12-,13-/m0/s1. The molecule has 2 aliphatic carbocycles. The van der Waals surface area contributed by atoms with E-state index in [1.807, 2.05) is 24.3 Å². The van der Waals surface area contributed by atoms with Crippen molar-refractivity contribution >= 4 is 6.09 Å². The predicted molar refractivity (Wildman–Crippen MR) is 87.4 cm³/mol. The SMILES string of the molecule is Cn1nc(C(F)F)c(OC(N)=O)c1-c1ccccc1[C@@H]1C[C@H]1C1CC1. The Morgan fingerprint density at radius 2 is 2.08 bits per heavy atom. The van der Waals surface area contributed by atoms with E-state index in [0.29, 0.717) is 17.5 Å². The second kappa shape index (κ2) is 5.82. The van der Waals surface area contributed by atoms with Gasteiger partial charge in [-0.3, -0.25) is 4.68 Å². The van der Waals surface area contributed by atoms with E-state index in [4.69, 9.17) is 10.5 Å². The molecule has 2 aliphatic rings. The Hall–Kier alpha value is -2.44. The minimum Gasteiger partial charge on any atom is -0.406 e. The first-order valence-electron chi connectivity index (χ1n) is 8.39. The van der Waals surface area contributed by atoms with E-state index in [9.17, 15) is 13.6 Å². The second-order valence-corrected chi connectivity index (χ2v) is 6.84. The minimum absolute atomic E-state index is 0.249. The first kappa shape index (κ1) is 16.1. The lowest BCUT2D eigenvalue weighted by Crippen LogP contribution is -2.17. The number of nitrogens with two attached hydrogens (primary N) is 1. The van der Waals surface area contributed by atoms with Crippen molar-refractivity contribution in [3.63, 3.8) is 0 Å². The molecule has 1 aromatic heterocycles. The predicted octanol–water partition coefficient (Wildman–Crippen LogP) is 4.00. The van der Waals surface area contributed by atoms with Crippen molar-refractivity contribution in [2.75, 3.05) is 0 Å². The van der Waals surface area contributed by atoms with Crippen molar-refractivity contribution in [2.24, 2.45) is 24.6 Å². The van der Waals surface area contributed by atoms with Crippen LogP contribution in [0.4, 0.5) is 13.6 Å². The Kier molecular flexibility index (Phi) is 3.74. The van der Waals surface area contributed by atoms with Gasteiger partial charge in [0.15, 0.2) is 11.4 Å². The number of aryl methyl sites for hydroxylation is 1. The molecule has 1 aromatic carbocycles. The number of carbonyl (C=O) groups excluding carboxylic acids is 1. The minimum atomic E-state index is -2.86. The van der Waals surface area contributed by atoms with Crippen molar-refractivity contribution in [3.8, 4) is 17.0 Å². The zero-order valence-corrected chi connectivity index (χ0v) is 13.8. The van der Waals surface area contributed by atoms with Crippen LogP contribution in [-0.4, -0.2) is 15.9 Å². The molecular weight excluding hydrogens is 328 g/mol. The van der Waals surface area contributed by atoms with E-state index in [1.165, 1.54) is 17.5 Å². The normalized spacial score (nSPS) is 22.2. The van der Waals surface area contributed by atoms with Crippen LogP contribution in [0.15, 0.2) is 24.3 Å². The third-order valence-electron chi connectivity index (χ3n) is 5.12. The number of primary amides is 1. The highest BCUT2D eigenvalue weighted by Crippen LogP contribution is 2.60. The molecule has 2 aromatic rings. The largest absolute Gasteiger partial charge is 0.410 e. The second-order valence-electron chi connectivity index (χ2n) is 6.84. The van der Waals surface area contributed by atoms with E-state index in [0.717, 1.165) is 23.5 Å². The Morgan fingerprint density at radius 3 is 2.72 bits per heavy atom. The summed E-state index contributed by atoms with van der Waals surface area (Å²) in [5, 5.41) is 3.86. The quantitative estimate of drug-likeness (QED) is 0.889. The van der Waals surface area contributed by atoms with Crippen molar-refractivity contribution in [3.05, 3.63) is 35.5 Å². The van der Waals surface area contributed by atoms with Crippen LogP contribution in [0.3, 0.4) is 0 Å². The van der Waals surface area contributed by atoms with Gasteiger partial charge in [-0.1, -0.05) is 24.3 Å². The number of aromatic nitrogens is 2. The molecule has 0 unspecified atom stereocenters. The molecule has 0 aliphatic heterocycles. The summed E-state index contributed by atoms with van der Waals surface area (Å²) in [5.41, 5.74) is 6.75. The van der Waals surface area contributed by atoms with E-state index < -0.39 is 18.2 Å². The molecule has 0 spiro atoms. The number of hydrogen-bond donors (Lipinski definition) is 1. The summed E-state index contributed by atoms with van der Waals surface area (Å²) < 4.78 is 32.9. The fourth-order valence-corrected chi connectivity index (χ4v) is 3.82. The molecule has 2 N–H and O–H groups in total. The van der Waals surface area contributed by atoms with Gasteiger partial charge in [-0.2, -0.15) is 5.10 Å². The number of benzene rings is 1. The molecule has 2 fully saturated rings. The topological polar surface area (TPSA) is 70.1 Å². The van der Waals surface area contributed by atoms with Crippen molar-refractivity contribution in [2.45, 2.75) is 31.6 Å². The zero-order valence-electron chi connectivity index (χ0n) is 13.8. The van der Waals surface area contributed by atoms with Crippen LogP contribution in [0.25, 0.3) is 11.3 Å². The van der Waals surface area contributed by atoms with E-state index in [2.05, 4.69) is 5.10 Å². The van der Waals surface area contributed by atoms with Crippen LogP contribution >= 0.6 is 0 Å². The van der Waals surface area contributed by atoms with E-state index in [-0.39, 0.29) is 5.75 Å². The van der Waals surface area contributed by atoms with Gasteiger partial charge in [0.05, 0.1) is 0 Å². The molecule has 2 saturated carbocycles. The third kappa shape index (κ3) is 2.88. The molecule has 7 heteroatoms. The van der Waals surface area contributed by atoms with Gasteiger partial charge >= 0.3 is 6.09 Å². The van der Waals surface area contributed by atoms with E-state index in [1.54, 1.807) is 7.05 Å². The fraction of sp³-hybridized carbons (Fsp3) is 0.444. The Morgan fingerprint density at radius 1 is 1.36 bits per heavy atom. The van der Waals surface area contributed by atoms with Crippen LogP contribution in [0, 0.1) is 11.8 Å². The molecule has 2 atom stereocenters. The molecule has 0 bridgehead atoms. The summed E-state index contributed by atoms with van der Waals surface area (Å²) in [6.45, 7) is 0. The van der Waals surface area contributed by atoms with E-state index >= 15 is 0 Å². The number of halogens is 2. The number of nitrogens with zero attached hydrogens (tertiary/aromatic N) is 2. The highest BCUT2D eigenvalue weighted by atomic mass is 19.3. The number of hydrogen-bond acceptors (Lipinski definition) is 3. The van der Waals surface area contributed by atoms with Gasteiger partial charge in [0.2, 0.25) is 0 Å². The summed E-state index contributed by atoms with van der Waals surface area (Å²) >= 11 is 0. The molecule has 132 valence electrons. The van der Waals surface area contributed by atoms with Crippen LogP contribution in [-0.2, 0) is 7.05 Å². The van der Waals surface area contributed by atoms with Gasteiger partial charge in [0.25, 0.3) is 6.43 Å². The molecule has 1 heterocycles. The zero-order chi connectivity index (χ0) is 17.7. The van der Waals surface area contributed by atoms with Gasteiger partial charge in [0, 0.05) is 12.6 Å². The molecular formula is C18H19F2N3O2. The van der Waals surface area contributed by atoms with Gasteiger partial charge < -0.3 is 10.5 Å². The van der Waals surface area contributed by atoms with Crippen molar-refractivity contribution in [1.29, 1.82) is 0 Å². The monoisotopic (exact) mass is 347 g/mol. The molecule has 5 nitrogen and oxygen atoms in total. The van der Waals surface area contributed by atoms with Crippen molar-refractivity contribution in [1.82, 2.24) is 9.78 Å². The maximum Gasteiger partial charge on any atom is 0.410 e. The number of alkyl halides is 2. The van der Waals surface area contributed by atoms with Crippen LogP contribution in [0.2, 0.25) is 0 Å². The third-order valence-corrected chi connectivity index (χ3v) is 5.12. The lowest BCUT2D eigenvalue weighted by atomic mass is 9.98.